The van der Waals surface area contributed by atoms with Gasteiger partial charge in [-0.15, -0.1) is 22.9 Å². The number of amides is 1. The van der Waals surface area contributed by atoms with Crippen molar-refractivity contribution in [3.8, 4) is 0 Å². The molecule has 0 fully saturated rings. The molecule has 0 unspecified atom stereocenters. The first-order chi connectivity index (χ1) is 9.15. The van der Waals surface area contributed by atoms with Crippen molar-refractivity contribution in [2.45, 2.75) is 32.1 Å². The molecule has 0 atom stereocenters. The summed E-state index contributed by atoms with van der Waals surface area (Å²) in [6.07, 6.45) is 1.15. The predicted octanol–water partition coefficient (Wildman–Crippen LogP) is 1.88. The van der Waals surface area contributed by atoms with E-state index in [0.717, 1.165) is 10.7 Å². The van der Waals surface area contributed by atoms with Crippen LogP contribution in [0, 0.1) is 0 Å². The van der Waals surface area contributed by atoms with E-state index < -0.39 is 0 Å². The highest BCUT2D eigenvalue weighted by Gasteiger charge is 2.08. The number of halogens is 1. The second-order valence-corrected chi connectivity index (χ2v) is 5.01. The molecule has 1 N–H and O–H groups in total. The number of ether oxygens (including phenoxy) is 1. The molecule has 1 rings (SSSR count). The van der Waals surface area contributed by atoms with Crippen LogP contribution in [0.5, 0.6) is 0 Å². The Morgan fingerprint density at radius 2 is 2.32 bits per heavy atom. The molecular formula is C12H17ClN2O3S. The van der Waals surface area contributed by atoms with E-state index in [2.05, 4.69) is 10.3 Å². The van der Waals surface area contributed by atoms with Gasteiger partial charge >= 0.3 is 5.97 Å². The average molecular weight is 305 g/mol. The first-order valence-electron chi connectivity index (χ1n) is 6.07. The Hall–Kier alpha value is -1.14. The summed E-state index contributed by atoms with van der Waals surface area (Å²) in [5, 5.41) is 5.34. The van der Waals surface area contributed by atoms with E-state index in [0.29, 0.717) is 31.9 Å². The molecule has 1 aromatic rings. The molecule has 0 aromatic carbocycles. The summed E-state index contributed by atoms with van der Waals surface area (Å²) in [6, 6.07) is 0. The number of hydrogen-bond donors (Lipinski definition) is 1. The van der Waals surface area contributed by atoms with Crippen LogP contribution in [0.4, 0.5) is 0 Å². The van der Waals surface area contributed by atoms with E-state index in [1.165, 1.54) is 11.3 Å². The van der Waals surface area contributed by atoms with Gasteiger partial charge in [-0.2, -0.15) is 0 Å². The second kappa shape index (κ2) is 8.87. The van der Waals surface area contributed by atoms with Gasteiger partial charge in [-0.1, -0.05) is 0 Å². The predicted molar refractivity (Wildman–Crippen MR) is 74.3 cm³/mol. The molecule has 1 aromatic heterocycles. The van der Waals surface area contributed by atoms with Gasteiger partial charge in [0, 0.05) is 18.3 Å². The van der Waals surface area contributed by atoms with Gasteiger partial charge in [-0.05, 0) is 13.3 Å². The van der Waals surface area contributed by atoms with Gasteiger partial charge in [0.1, 0.15) is 5.01 Å². The van der Waals surface area contributed by atoms with Crippen molar-refractivity contribution in [3.05, 3.63) is 16.1 Å². The van der Waals surface area contributed by atoms with Gasteiger partial charge in [0.15, 0.2) is 0 Å². The lowest BCUT2D eigenvalue weighted by molar-refractivity contribution is -0.143. The minimum absolute atomic E-state index is 0.0978. The second-order valence-electron chi connectivity index (χ2n) is 3.80. The first-order valence-corrected chi connectivity index (χ1v) is 7.48. The number of esters is 1. The summed E-state index contributed by atoms with van der Waals surface area (Å²) in [6.45, 7) is 2.62. The quantitative estimate of drug-likeness (QED) is 0.452. The number of rotatable bonds is 8. The largest absolute Gasteiger partial charge is 0.466 e. The monoisotopic (exact) mass is 304 g/mol. The normalized spacial score (nSPS) is 10.2. The number of alkyl halides is 1. The van der Waals surface area contributed by atoms with E-state index in [9.17, 15) is 9.59 Å². The van der Waals surface area contributed by atoms with E-state index in [-0.39, 0.29) is 18.3 Å². The van der Waals surface area contributed by atoms with Crippen LogP contribution in [0.2, 0.25) is 0 Å². The molecule has 0 saturated carbocycles. The maximum atomic E-state index is 11.6. The molecule has 106 valence electrons. The molecule has 19 heavy (non-hydrogen) atoms. The Labute approximate surface area is 121 Å². The van der Waals surface area contributed by atoms with Crippen molar-refractivity contribution in [2.24, 2.45) is 0 Å². The maximum Gasteiger partial charge on any atom is 0.305 e. The van der Waals surface area contributed by atoms with Crippen molar-refractivity contribution < 1.29 is 14.3 Å². The van der Waals surface area contributed by atoms with E-state index >= 15 is 0 Å². The van der Waals surface area contributed by atoms with Gasteiger partial charge < -0.3 is 10.1 Å². The van der Waals surface area contributed by atoms with Crippen LogP contribution in [-0.4, -0.2) is 30.0 Å². The minimum Gasteiger partial charge on any atom is -0.466 e. The van der Waals surface area contributed by atoms with Crippen LogP contribution in [0.3, 0.4) is 0 Å². The van der Waals surface area contributed by atoms with Gasteiger partial charge in [-0.25, -0.2) is 4.98 Å². The number of thiazole rings is 1. The molecule has 1 amide bonds. The smallest absolute Gasteiger partial charge is 0.305 e. The van der Waals surface area contributed by atoms with Crippen LogP contribution < -0.4 is 5.32 Å². The standard InChI is InChI=1S/C12H17ClN2O3S/c1-2-18-12(17)4-3-5-14-10(16)6-11-15-9(7-13)8-19-11/h8H,2-7H2,1H3,(H,14,16). The Morgan fingerprint density at radius 1 is 1.53 bits per heavy atom. The molecule has 0 aliphatic rings. The summed E-state index contributed by atoms with van der Waals surface area (Å²) >= 11 is 7.06. The Morgan fingerprint density at radius 3 is 2.95 bits per heavy atom. The van der Waals surface area contributed by atoms with E-state index in [1.54, 1.807) is 6.92 Å². The zero-order chi connectivity index (χ0) is 14.1. The van der Waals surface area contributed by atoms with Crippen molar-refractivity contribution in [1.82, 2.24) is 10.3 Å². The van der Waals surface area contributed by atoms with Crippen LogP contribution in [0.25, 0.3) is 0 Å². The summed E-state index contributed by atoms with van der Waals surface area (Å²) < 4.78 is 4.79. The van der Waals surface area contributed by atoms with E-state index in [1.807, 2.05) is 5.38 Å². The number of aromatic nitrogens is 1. The third kappa shape index (κ3) is 6.54. The Kier molecular flexibility index (Phi) is 7.43. The van der Waals surface area contributed by atoms with Gasteiger partial charge in [0.25, 0.3) is 0 Å². The van der Waals surface area contributed by atoms with Crippen LogP contribution in [0.15, 0.2) is 5.38 Å². The summed E-state index contributed by atoms with van der Waals surface area (Å²) in [4.78, 5) is 26.8. The molecule has 1 heterocycles. The summed E-state index contributed by atoms with van der Waals surface area (Å²) in [5.74, 6) is 0.0280. The molecule has 0 aliphatic heterocycles. The molecule has 0 radical (unpaired) electrons. The minimum atomic E-state index is -0.233. The van der Waals surface area contributed by atoms with Crippen molar-refractivity contribution >= 4 is 34.8 Å². The zero-order valence-electron chi connectivity index (χ0n) is 10.8. The molecular weight excluding hydrogens is 288 g/mol. The molecule has 0 saturated heterocycles. The van der Waals surface area contributed by atoms with Crippen LogP contribution in [0.1, 0.15) is 30.5 Å². The first kappa shape index (κ1) is 15.9. The highest BCUT2D eigenvalue weighted by atomic mass is 35.5. The third-order valence-corrected chi connectivity index (χ3v) is 3.40. The maximum absolute atomic E-state index is 11.6. The lowest BCUT2D eigenvalue weighted by Gasteiger charge is -2.04. The zero-order valence-corrected chi connectivity index (χ0v) is 12.4. The van der Waals surface area contributed by atoms with Gasteiger partial charge in [0.05, 0.1) is 24.6 Å². The van der Waals surface area contributed by atoms with Gasteiger partial charge in [-0.3, -0.25) is 9.59 Å². The number of carbonyl (C=O) groups excluding carboxylic acids is 2. The topological polar surface area (TPSA) is 68.3 Å². The van der Waals surface area contributed by atoms with Crippen molar-refractivity contribution in [2.75, 3.05) is 13.2 Å². The molecule has 5 nitrogen and oxygen atoms in total. The molecule has 0 bridgehead atoms. The van der Waals surface area contributed by atoms with Gasteiger partial charge in [0.2, 0.25) is 5.91 Å². The molecule has 0 aliphatic carbocycles. The number of nitrogens with zero attached hydrogens (tertiary/aromatic N) is 1. The number of hydrogen-bond acceptors (Lipinski definition) is 5. The lowest BCUT2D eigenvalue weighted by atomic mass is 10.3. The third-order valence-electron chi connectivity index (χ3n) is 2.23. The van der Waals surface area contributed by atoms with Crippen molar-refractivity contribution in [1.29, 1.82) is 0 Å². The average Bonchev–Trinajstić information content (AvgIpc) is 2.82. The summed E-state index contributed by atoms with van der Waals surface area (Å²) in [5.41, 5.74) is 0.789. The molecule has 7 heteroatoms. The number of carbonyl (C=O) groups is 2. The fraction of sp³-hybridized carbons (Fsp3) is 0.583. The fourth-order valence-corrected chi connectivity index (χ4v) is 2.41. The Balaban J connectivity index is 2.16. The highest BCUT2D eigenvalue weighted by molar-refractivity contribution is 7.09. The molecule has 0 spiro atoms. The van der Waals surface area contributed by atoms with Crippen LogP contribution in [-0.2, 0) is 26.6 Å². The van der Waals surface area contributed by atoms with Crippen LogP contribution >= 0.6 is 22.9 Å². The fourth-order valence-electron chi connectivity index (χ4n) is 1.39. The van der Waals surface area contributed by atoms with E-state index in [4.69, 9.17) is 16.3 Å². The lowest BCUT2D eigenvalue weighted by Crippen LogP contribution is -2.26. The number of nitrogens with one attached hydrogen (secondary N) is 1. The SMILES string of the molecule is CCOC(=O)CCCNC(=O)Cc1nc(CCl)cs1. The Bertz CT molecular complexity index is 423. The van der Waals surface area contributed by atoms with Crippen molar-refractivity contribution in [3.63, 3.8) is 0 Å². The summed E-state index contributed by atoms with van der Waals surface area (Å²) in [7, 11) is 0. The highest BCUT2D eigenvalue weighted by Crippen LogP contribution is 2.11.